The molecule has 0 bridgehead atoms. The molecule has 5 nitrogen and oxygen atoms in total. The molecule has 1 aromatic carbocycles. The Kier molecular flexibility index (Phi) is 6.77. The summed E-state index contributed by atoms with van der Waals surface area (Å²) in [5.41, 5.74) is 0.0862. The Labute approximate surface area is 182 Å². The summed E-state index contributed by atoms with van der Waals surface area (Å²) in [6.45, 7) is 8.85. The standard InChI is InChI=1S/C23H33F3N4O/c1-18(31)27-10-7-20(8-11-27)30-9-3-6-22(17-30)29-14-12-28(13-15-29)21-5-2-4-19(16-21)23(24,25)26/h2,4-5,16,20,22H,3,6-15,17H2,1H3. The number of carbonyl (C=O) groups is 1. The lowest BCUT2D eigenvalue weighted by Crippen LogP contribution is -2.57. The molecule has 4 rings (SSSR count). The number of nitrogens with zero attached hydrogens (tertiary/aromatic N) is 4. The lowest BCUT2D eigenvalue weighted by atomic mass is 9.96. The summed E-state index contributed by atoms with van der Waals surface area (Å²) in [5, 5.41) is 0. The molecule has 0 aliphatic carbocycles. The molecule has 0 radical (unpaired) electrons. The molecule has 0 saturated carbocycles. The van der Waals surface area contributed by atoms with E-state index in [-0.39, 0.29) is 5.91 Å². The highest BCUT2D eigenvalue weighted by atomic mass is 19.4. The zero-order chi connectivity index (χ0) is 22.0. The van der Waals surface area contributed by atoms with Gasteiger partial charge in [0.2, 0.25) is 5.91 Å². The molecule has 3 fully saturated rings. The number of rotatable bonds is 3. The summed E-state index contributed by atoms with van der Waals surface area (Å²) in [6.07, 6.45) is 0.174. The van der Waals surface area contributed by atoms with Gasteiger partial charge in [-0.1, -0.05) is 6.07 Å². The molecule has 31 heavy (non-hydrogen) atoms. The number of piperidine rings is 2. The Hall–Kier alpha value is -1.80. The number of benzene rings is 1. The number of likely N-dealkylation sites (tertiary alicyclic amines) is 2. The van der Waals surface area contributed by atoms with E-state index in [2.05, 4.69) is 14.7 Å². The zero-order valence-electron chi connectivity index (χ0n) is 18.3. The first-order valence-corrected chi connectivity index (χ1v) is 11.5. The first-order valence-electron chi connectivity index (χ1n) is 11.5. The highest BCUT2D eigenvalue weighted by Crippen LogP contribution is 2.32. The number of halogens is 3. The van der Waals surface area contributed by atoms with Crippen LogP contribution in [0.25, 0.3) is 0 Å². The van der Waals surface area contributed by atoms with Crippen LogP contribution in [-0.2, 0) is 11.0 Å². The van der Waals surface area contributed by atoms with Crippen molar-refractivity contribution in [3.63, 3.8) is 0 Å². The lowest BCUT2D eigenvalue weighted by Gasteiger charge is -2.47. The van der Waals surface area contributed by atoms with E-state index in [0.29, 0.717) is 17.8 Å². The average molecular weight is 439 g/mol. The normalized spacial score (nSPS) is 25.1. The SMILES string of the molecule is CC(=O)N1CCC(N2CCCC(N3CCN(c4cccc(C(F)(F)F)c4)CC3)C2)CC1. The minimum absolute atomic E-state index is 0.175. The fourth-order valence-electron chi connectivity index (χ4n) is 5.38. The average Bonchev–Trinajstić information content (AvgIpc) is 2.79. The third-order valence-corrected chi connectivity index (χ3v) is 7.22. The van der Waals surface area contributed by atoms with Gasteiger partial charge in [0, 0.05) is 70.5 Å². The van der Waals surface area contributed by atoms with E-state index >= 15 is 0 Å². The second kappa shape index (κ2) is 9.36. The first-order chi connectivity index (χ1) is 14.8. The maximum absolute atomic E-state index is 13.0. The van der Waals surface area contributed by atoms with Crippen molar-refractivity contribution in [2.45, 2.75) is 50.9 Å². The quantitative estimate of drug-likeness (QED) is 0.725. The van der Waals surface area contributed by atoms with E-state index in [9.17, 15) is 18.0 Å². The molecule has 3 saturated heterocycles. The molecule has 8 heteroatoms. The predicted octanol–water partition coefficient (Wildman–Crippen LogP) is 3.30. The number of anilines is 1. The fraction of sp³-hybridized carbons (Fsp3) is 0.696. The maximum Gasteiger partial charge on any atom is 0.416 e. The largest absolute Gasteiger partial charge is 0.416 e. The van der Waals surface area contributed by atoms with E-state index in [4.69, 9.17) is 0 Å². The van der Waals surface area contributed by atoms with Gasteiger partial charge in [0.15, 0.2) is 0 Å². The van der Waals surface area contributed by atoms with Crippen LogP contribution in [0.3, 0.4) is 0 Å². The molecular formula is C23H33F3N4O. The van der Waals surface area contributed by atoms with Crippen LogP contribution in [-0.4, -0.2) is 85.0 Å². The van der Waals surface area contributed by atoms with Crippen molar-refractivity contribution in [3.8, 4) is 0 Å². The highest BCUT2D eigenvalue weighted by Gasteiger charge is 2.34. The van der Waals surface area contributed by atoms with Gasteiger partial charge < -0.3 is 9.80 Å². The molecule has 0 spiro atoms. The number of hydrogen-bond acceptors (Lipinski definition) is 4. The van der Waals surface area contributed by atoms with Gasteiger partial charge in [-0.3, -0.25) is 14.6 Å². The van der Waals surface area contributed by atoms with Crippen molar-refractivity contribution in [1.29, 1.82) is 0 Å². The van der Waals surface area contributed by atoms with Crippen molar-refractivity contribution < 1.29 is 18.0 Å². The maximum atomic E-state index is 13.0. The van der Waals surface area contributed by atoms with E-state index in [1.165, 1.54) is 25.0 Å². The van der Waals surface area contributed by atoms with Crippen molar-refractivity contribution in [3.05, 3.63) is 29.8 Å². The van der Waals surface area contributed by atoms with Gasteiger partial charge in [-0.05, 0) is 50.4 Å². The third-order valence-electron chi connectivity index (χ3n) is 7.22. The van der Waals surface area contributed by atoms with Gasteiger partial charge in [0.05, 0.1) is 5.56 Å². The Morgan fingerprint density at radius 2 is 1.61 bits per heavy atom. The van der Waals surface area contributed by atoms with Gasteiger partial charge in [0.25, 0.3) is 0 Å². The number of carbonyl (C=O) groups excluding carboxylic acids is 1. The van der Waals surface area contributed by atoms with Crippen LogP contribution in [0.4, 0.5) is 18.9 Å². The molecular weight excluding hydrogens is 405 g/mol. The smallest absolute Gasteiger partial charge is 0.369 e. The third kappa shape index (κ3) is 5.34. The minimum atomic E-state index is -4.30. The molecule has 1 amide bonds. The van der Waals surface area contributed by atoms with Crippen LogP contribution in [0.5, 0.6) is 0 Å². The van der Waals surface area contributed by atoms with Crippen molar-refractivity contribution in [2.75, 3.05) is 57.3 Å². The summed E-state index contributed by atoms with van der Waals surface area (Å²) < 4.78 is 39.1. The zero-order valence-corrected chi connectivity index (χ0v) is 18.3. The Bertz CT molecular complexity index is 755. The van der Waals surface area contributed by atoms with Gasteiger partial charge >= 0.3 is 6.18 Å². The molecule has 1 unspecified atom stereocenters. The lowest BCUT2D eigenvalue weighted by molar-refractivity contribution is -0.137. The second-order valence-electron chi connectivity index (χ2n) is 9.10. The minimum Gasteiger partial charge on any atom is -0.369 e. The van der Waals surface area contributed by atoms with Crippen LogP contribution < -0.4 is 4.90 Å². The molecule has 3 aliphatic rings. The molecule has 0 N–H and O–H groups in total. The van der Waals surface area contributed by atoms with Crippen molar-refractivity contribution >= 4 is 11.6 Å². The summed E-state index contributed by atoms with van der Waals surface area (Å²) in [7, 11) is 0. The number of amides is 1. The molecule has 1 aromatic rings. The predicted molar refractivity (Wildman–Crippen MR) is 115 cm³/mol. The molecule has 172 valence electrons. The monoisotopic (exact) mass is 438 g/mol. The fourth-order valence-corrected chi connectivity index (χ4v) is 5.38. The van der Waals surface area contributed by atoms with Gasteiger partial charge in [-0.2, -0.15) is 13.2 Å². The van der Waals surface area contributed by atoms with Gasteiger partial charge in [0.1, 0.15) is 0 Å². The van der Waals surface area contributed by atoms with Crippen molar-refractivity contribution in [1.82, 2.24) is 14.7 Å². The van der Waals surface area contributed by atoms with Gasteiger partial charge in [-0.25, -0.2) is 0 Å². The summed E-state index contributed by atoms with van der Waals surface area (Å²) in [5.74, 6) is 0.175. The molecule has 3 aliphatic heterocycles. The molecule has 0 aromatic heterocycles. The van der Waals surface area contributed by atoms with Gasteiger partial charge in [-0.15, -0.1) is 0 Å². The van der Waals surface area contributed by atoms with E-state index < -0.39 is 11.7 Å². The topological polar surface area (TPSA) is 30.0 Å². The van der Waals surface area contributed by atoms with E-state index in [1.807, 2.05) is 4.90 Å². The summed E-state index contributed by atoms with van der Waals surface area (Å²) in [6, 6.07) is 6.76. The first kappa shape index (κ1) is 22.4. The number of piperazine rings is 1. The van der Waals surface area contributed by atoms with E-state index in [0.717, 1.165) is 71.3 Å². The Morgan fingerprint density at radius 3 is 2.26 bits per heavy atom. The molecule has 1 atom stereocenters. The number of alkyl halides is 3. The Balaban J connectivity index is 1.29. The van der Waals surface area contributed by atoms with Crippen LogP contribution in [0.1, 0.15) is 38.2 Å². The van der Waals surface area contributed by atoms with E-state index in [1.54, 1.807) is 13.0 Å². The van der Waals surface area contributed by atoms with Crippen LogP contribution in [0.2, 0.25) is 0 Å². The second-order valence-corrected chi connectivity index (χ2v) is 9.10. The van der Waals surface area contributed by atoms with Crippen LogP contribution >= 0.6 is 0 Å². The Morgan fingerprint density at radius 1 is 0.903 bits per heavy atom. The van der Waals surface area contributed by atoms with Crippen LogP contribution in [0, 0.1) is 0 Å². The number of hydrogen-bond donors (Lipinski definition) is 0. The summed E-state index contributed by atoms with van der Waals surface area (Å²) >= 11 is 0. The molecule has 3 heterocycles. The van der Waals surface area contributed by atoms with Crippen LogP contribution in [0.15, 0.2) is 24.3 Å². The van der Waals surface area contributed by atoms with Crippen molar-refractivity contribution in [2.24, 2.45) is 0 Å². The summed E-state index contributed by atoms with van der Waals surface area (Å²) in [4.78, 5) is 20.8. The highest BCUT2D eigenvalue weighted by molar-refractivity contribution is 5.73.